The van der Waals surface area contributed by atoms with Gasteiger partial charge in [-0.2, -0.15) is 4.31 Å². The highest BCUT2D eigenvalue weighted by Crippen LogP contribution is 2.32. The molecule has 1 fully saturated rings. The molecule has 36 heavy (non-hydrogen) atoms. The van der Waals surface area contributed by atoms with Gasteiger partial charge in [-0.15, -0.1) is 5.10 Å². The van der Waals surface area contributed by atoms with E-state index in [-0.39, 0.29) is 33.3 Å². The molecule has 1 N–H and O–H groups in total. The van der Waals surface area contributed by atoms with Crippen molar-refractivity contribution in [3.63, 3.8) is 0 Å². The van der Waals surface area contributed by atoms with E-state index < -0.39 is 10.0 Å². The Hall–Kier alpha value is -2.28. The molecule has 4 rings (SSSR count). The van der Waals surface area contributed by atoms with Crippen LogP contribution in [0.15, 0.2) is 27.9 Å². The molecule has 0 atom stereocenters. The van der Waals surface area contributed by atoms with E-state index in [2.05, 4.69) is 29.0 Å². The van der Waals surface area contributed by atoms with Crippen molar-refractivity contribution >= 4 is 15.5 Å². The maximum absolute atomic E-state index is 13.5. The highest BCUT2D eigenvalue weighted by atomic mass is 79.9. The number of fused-ring (bicyclic) bond motifs is 1. The average molecular weight is 584 g/mol. The quantitative estimate of drug-likeness (QED) is 0.349. The van der Waals surface area contributed by atoms with Crippen molar-refractivity contribution in [2.75, 3.05) is 46.4 Å². The number of benzene rings is 1. The lowest BCUT2D eigenvalue weighted by Crippen LogP contribution is -3.00. The molecule has 12 heteroatoms. The number of likely N-dealkylation sites (N-methyl/N-ethyl adjacent to an activating group) is 1. The number of quaternary nitrogens is 1. The fraction of sp³-hybridized carbons (Fsp3) is 0.542. The molecule has 0 radical (unpaired) electrons. The number of sulfonamides is 1. The van der Waals surface area contributed by atoms with E-state index in [4.69, 9.17) is 4.74 Å². The van der Waals surface area contributed by atoms with Crippen LogP contribution in [-0.2, 0) is 16.4 Å². The van der Waals surface area contributed by atoms with Crippen molar-refractivity contribution in [2.45, 2.75) is 45.4 Å². The van der Waals surface area contributed by atoms with Crippen molar-refractivity contribution in [2.24, 2.45) is 0 Å². The monoisotopic (exact) mass is 582 g/mol. The molecule has 3 heterocycles. The van der Waals surface area contributed by atoms with Crippen LogP contribution in [0.2, 0.25) is 0 Å². The Morgan fingerprint density at radius 3 is 2.47 bits per heavy atom. The first-order chi connectivity index (χ1) is 16.6. The number of piperazine rings is 1. The lowest BCUT2D eigenvalue weighted by Gasteiger charge is -2.40. The Morgan fingerprint density at radius 2 is 1.86 bits per heavy atom. The second-order valence-electron chi connectivity index (χ2n) is 9.30. The Bertz CT molecular complexity index is 1390. The lowest BCUT2D eigenvalue weighted by atomic mass is 10.2. The van der Waals surface area contributed by atoms with Crippen molar-refractivity contribution in [1.82, 2.24) is 23.9 Å². The fourth-order valence-electron chi connectivity index (χ4n) is 4.51. The summed E-state index contributed by atoms with van der Waals surface area (Å²) in [6.45, 7) is 11.6. The van der Waals surface area contributed by atoms with Gasteiger partial charge in [0.15, 0.2) is 11.3 Å². The van der Waals surface area contributed by atoms with Crippen molar-refractivity contribution in [1.29, 1.82) is 0 Å². The molecule has 0 unspecified atom stereocenters. The van der Waals surface area contributed by atoms with Gasteiger partial charge in [0, 0.05) is 6.42 Å². The van der Waals surface area contributed by atoms with Gasteiger partial charge in [0.25, 0.3) is 5.56 Å². The molecule has 10 nitrogen and oxygen atoms in total. The number of imidazole rings is 1. The summed E-state index contributed by atoms with van der Waals surface area (Å²) in [5.41, 5.74) is 1.10. The van der Waals surface area contributed by atoms with Crippen LogP contribution in [0.5, 0.6) is 5.75 Å². The molecule has 2 aromatic heterocycles. The third kappa shape index (κ3) is 5.22. The molecule has 0 amide bonds. The van der Waals surface area contributed by atoms with E-state index in [1.807, 2.05) is 13.8 Å². The van der Waals surface area contributed by atoms with Gasteiger partial charge in [0.2, 0.25) is 10.0 Å². The number of nitrogens with zero attached hydrogens (tertiary/aromatic N) is 5. The van der Waals surface area contributed by atoms with Gasteiger partial charge >= 0.3 is 0 Å². The summed E-state index contributed by atoms with van der Waals surface area (Å²) in [7, 11) is -1.56. The SMILES string of the molecule is CCCc1nc(C)c2c(=O)[nH]c(-c3cc(S(=O)(=O)N4CC[N+](C)(CC)CC4)ccc3OCC)nn12.[Br-]. The topological polar surface area (TPSA) is 110 Å². The summed E-state index contributed by atoms with van der Waals surface area (Å²) in [6.07, 6.45) is 1.52. The van der Waals surface area contributed by atoms with Crippen LogP contribution in [0.25, 0.3) is 16.9 Å². The summed E-state index contributed by atoms with van der Waals surface area (Å²) < 4.78 is 36.8. The number of aryl methyl sites for hydroxylation is 2. The van der Waals surface area contributed by atoms with Crippen LogP contribution in [0.3, 0.4) is 0 Å². The normalized spacial score (nSPS) is 16.1. The summed E-state index contributed by atoms with van der Waals surface area (Å²) in [4.78, 5) is 20.5. The van der Waals surface area contributed by atoms with Crippen LogP contribution in [0.4, 0.5) is 0 Å². The number of H-pyrrole nitrogens is 1. The molecule has 0 spiro atoms. The lowest BCUT2D eigenvalue weighted by molar-refractivity contribution is -0.911. The first-order valence-electron chi connectivity index (χ1n) is 12.2. The van der Waals surface area contributed by atoms with E-state index in [1.54, 1.807) is 33.9 Å². The van der Waals surface area contributed by atoms with Crippen LogP contribution < -0.4 is 27.3 Å². The molecule has 0 aliphatic carbocycles. The first kappa shape index (κ1) is 28.3. The van der Waals surface area contributed by atoms with E-state index in [0.29, 0.717) is 54.5 Å². The molecule has 1 aliphatic heterocycles. The van der Waals surface area contributed by atoms with Crippen molar-refractivity contribution < 1.29 is 34.6 Å². The molecule has 1 aromatic carbocycles. The summed E-state index contributed by atoms with van der Waals surface area (Å²) in [6, 6.07) is 4.75. The molecular weight excluding hydrogens is 548 g/mol. The van der Waals surface area contributed by atoms with Gasteiger partial charge in [-0.1, -0.05) is 6.92 Å². The smallest absolute Gasteiger partial charge is 0.277 e. The molecule has 1 saturated heterocycles. The van der Waals surface area contributed by atoms with Crippen molar-refractivity contribution in [3.8, 4) is 17.1 Å². The number of aromatic amines is 1. The van der Waals surface area contributed by atoms with E-state index >= 15 is 0 Å². The number of ether oxygens (including phenoxy) is 1. The third-order valence-corrected chi connectivity index (χ3v) is 8.80. The largest absolute Gasteiger partial charge is 1.00 e. The Labute approximate surface area is 222 Å². The zero-order chi connectivity index (χ0) is 25.4. The van der Waals surface area contributed by atoms with Gasteiger partial charge < -0.3 is 31.2 Å². The maximum Gasteiger partial charge on any atom is 0.277 e. The van der Waals surface area contributed by atoms with Gasteiger partial charge in [-0.25, -0.2) is 17.9 Å². The van der Waals surface area contributed by atoms with Crippen molar-refractivity contribution in [3.05, 3.63) is 40.1 Å². The van der Waals surface area contributed by atoms with Crippen LogP contribution in [0.1, 0.15) is 38.7 Å². The predicted molar refractivity (Wildman–Crippen MR) is 134 cm³/mol. The van der Waals surface area contributed by atoms with Gasteiger partial charge in [-0.3, -0.25) is 4.79 Å². The number of halogens is 1. The van der Waals surface area contributed by atoms with E-state index in [0.717, 1.165) is 30.5 Å². The van der Waals surface area contributed by atoms with Gasteiger partial charge in [-0.05, 0) is 45.4 Å². The Kier molecular flexibility index (Phi) is 8.64. The number of rotatable bonds is 8. The van der Waals surface area contributed by atoms with Gasteiger partial charge in [0.1, 0.15) is 11.6 Å². The van der Waals surface area contributed by atoms with Crippen LogP contribution in [0, 0.1) is 6.92 Å². The minimum atomic E-state index is -3.72. The second-order valence-corrected chi connectivity index (χ2v) is 11.2. The number of hydrogen-bond acceptors (Lipinski definition) is 6. The summed E-state index contributed by atoms with van der Waals surface area (Å²) in [5, 5.41) is 4.66. The molecule has 0 saturated carbocycles. The third-order valence-electron chi connectivity index (χ3n) is 6.90. The minimum Gasteiger partial charge on any atom is -1.00 e. The molecule has 1 aliphatic rings. The first-order valence-corrected chi connectivity index (χ1v) is 13.7. The minimum absolute atomic E-state index is 0. The second kappa shape index (κ2) is 11.0. The van der Waals surface area contributed by atoms with Gasteiger partial charge in [0.05, 0.1) is 62.5 Å². The summed E-state index contributed by atoms with van der Waals surface area (Å²) in [5.74, 6) is 1.39. The van der Waals surface area contributed by atoms with Crippen LogP contribution >= 0.6 is 0 Å². The van der Waals surface area contributed by atoms with E-state index in [1.165, 1.54) is 0 Å². The van der Waals surface area contributed by atoms with E-state index in [9.17, 15) is 13.2 Å². The zero-order valence-electron chi connectivity index (χ0n) is 21.5. The van der Waals surface area contributed by atoms with Crippen LogP contribution in [-0.4, -0.2) is 83.2 Å². The number of hydrogen-bond donors (Lipinski definition) is 1. The molecule has 198 valence electrons. The maximum atomic E-state index is 13.5. The molecule has 3 aromatic rings. The molecule has 0 bridgehead atoms. The standard InChI is InChI=1S/C24H34N6O4S.BrH/c1-6-9-21-25-17(4)22-24(31)26-23(27-29(21)22)19-16-18(10-11-20(19)34-8-3)35(32,33)28-12-14-30(5,7-2)15-13-28;/h10-11,16H,6-9,12-15H2,1-5H3;1H. The Morgan fingerprint density at radius 1 is 1.17 bits per heavy atom. The average Bonchev–Trinajstić information content (AvgIpc) is 3.15. The highest BCUT2D eigenvalue weighted by molar-refractivity contribution is 7.89. The summed E-state index contributed by atoms with van der Waals surface area (Å²) >= 11 is 0. The molecular formula is C24H35BrN6O4S. The number of aromatic nitrogens is 4. The Balaban J connectivity index is 0.00000361. The predicted octanol–water partition coefficient (Wildman–Crippen LogP) is -0.781. The fourth-order valence-corrected chi connectivity index (χ4v) is 5.96. The highest BCUT2D eigenvalue weighted by Gasteiger charge is 2.34. The zero-order valence-corrected chi connectivity index (χ0v) is 23.9. The number of nitrogens with one attached hydrogen (secondary N) is 1.